The van der Waals surface area contributed by atoms with Gasteiger partial charge in [0.15, 0.2) is 11.4 Å². The van der Waals surface area contributed by atoms with Crippen molar-refractivity contribution in [3.8, 4) is 67.2 Å². The first kappa shape index (κ1) is 35.2. The van der Waals surface area contributed by atoms with Crippen LogP contribution in [0.5, 0.6) is 0 Å². The number of furan rings is 1. The van der Waals surface area contributed by atoms with Crippen molar-refractivity contribution in [2.45, 2.75) is 75.0 Å². The van der Waals surface area contributed by atoms with Gasteiger partial charge in [-0.05, 0) is 123 Å². The monoisotopic (exact) mass is 786 g/mol. The van der Waals surface area contributed by atoms with Gasteiger partial charge in [-0.2, -0.15) is 0 Å². The Hall–Kier alpha value is -6.58. The quantitative estimate of drug-likeness (QED) is 0.178. The summed E-state index contributed by atoms with van der Waals surface area (Å²) in [6.07, 6.45) is 12.9. The van der Waals surface area contributed by atoms with Gasteiger partial charge < -0.3 is 4.42 Å². The first-order chi connectivity index (χ1) is 30.2. The van der Waals surface area contributed by atoms with Crippen molar-refractivity contribution < 1.29 is 4.42 Å². The number of nitrogens with zero attached hydrogens (tertiary/aromatic N) is 2. The molecular weight excluding hydrogens is 741 g/mol. The minimum atomic E-state index is 0.0816. The van der Waals surface area contributed by atoms with Crippen LogP contribution in [0.1, 0.15) is 86.5 Å². The van der Waals surface area contributed by atoms with Gasteiger partial charge in [0.2, 0.25) is 0 Å². The molecule has 0 aliphatic heterocycles. The van der Waals surface area contributed by atoms with Gasteiger partial charge in [-0.1, -0.05) is 166 Å². The van der Waals surface area contributed by atoms with E-state index in [1.807, 2.05) is 36.4 Å². The number of para-hydroxylation sites is 1. The molecule has 3 heteroatoms. The third-order valence-corrected chi connectivity index (χ3v) is 15.1. The maximum Gasteiger partial charge on any atom is 0.180 e. The highest BCUT2D eigenvalue weighted by atomic mass is 16.3. The molecule has 13 rings (SSSR count). The highest BCUT2D eigenvalue weighted by Crippen LogP contribution is 2.63. The maximum absolute atomic E-state index is 6.49. The van der Waals surface area contributed by atoms with Crippen molar-refractivity contribution in [3.05, 3.63) is 180 Å². The van der Waals surface area contributed by atoms with Gasteiger partial charge in [-0.15, -0.1) is 0 Å². The SMILES string of the molecule is c1ccc(-c2nc(-c3cccc(-c4ccc(-c5cccc6c5-c5cc7c(cc5C65CCCCC5)-c5ccccc5C75CCCCC5)cc4)c3)c3oc4ccccc4c3n2)cc1. The zero-order valence-electron chi connectivity index (χ0n) is 34.4. The van der Waals surface area contributed by atoms with Crippen LogP contribution in [-0.4, -0.2) is 9.97 Å². The normalized spacial score (nSPS) is 16.8. The molecular formula is C58H46N2O. The van der Waals surface area contributed by atoms with E-state index in [2.05, 4.69) is 121 Å². The number of hydrogen-bond donors (Lipinski definition) is 0. The van der Waals surface area contributed by atoms with Crippen LogP contribution in [0.4, 0.5) is 0 Å². The Balaban J connectivity index is 0.924. The van der Waals surface area contributed by atoms with Crippen molar-refractivity contribution in [1.29, 1.82) is 0 Å². The zero-order chi connectivity index (χ0) is 40.1. The Bertz CT molecular complexity index is 3200. The third kappa shape index (κ3) is 5.16. The summed E-state index contributed by atoms with van der Waals surface area (Å²) in [6.45, 7) is 0. The topological polar surface area (TPSA) is 38.9 Å². The van der Waals surface area contributed by atoms with E-state index in [0.29, 0.717) is 11.4 Å². The molecule has 2 fully saturated rings. The van der Waals surface area contributed by atoms with E-state index in [1.165, 1.54) is 103 Å². The molecule has 2 saturated carbocycles. The average molecular weight is 787 g/mol. The van der Waals surface area contributed by atoms with E-state index >= 15 is 0 Å². The minimum absolute atomic E-state index is 0.0816. The predicted molar refractivity (Wildman–Crippen MR) is 250 cm³/mol. The molecule has 294 valence electrons. The summed E-state index contributed by atoms with van der Waals surface area (Å²) in [5.74, 6) is 0.694. The highest BCUT2D eigenvalue weighted by molar-refractivity contribution is 6.07. The van der Waals surface area contributed by atoms with E-state index in [-0.39, 0.29) is 10.8 Å². The van der Waals surface area contributed by atoms with Crippen molar-refractivity contribution in [3.63, 3.8) is 0 Å². The standard InChI is InChI=1S/C58H46N2O/c1-4-16-39(17-5-1)56-59-53(55-54(60-56)44-21-7-9-25-51(44)61-55)41-19-14-18-40(34-41)37-26-28-38(29-27-37)42-22-15-24-48-52(42)46-36-49-45(35-50(46)58(48)32-12-3-13-33-58)43-20-6-8-23-47(43)57(49)30-10-2-11-31-57/h1,4-9,14-29,34-36H,2-3,10-13,30-33H2. The summed E-state index contributed by atoms with van der Waals surface area (Å²) in [5, 5.41) is 0.998. The van der Waals surface area contributed by atoms with Crippen LogP contribution in [0.3, 0.4) is 0 Å². The number of fused-ring (bicyclic) bond motifs is 13. The third-order valence-electron chi connectivity index (χ3n) is 15.1. The lowest BCUT2D eigenvalue weighted by atomic mass is 9.66. The van der Waals surface area contributed by atoms with Crippen LogP contribution in [-0.2, 0) is 10.8 Å². The molecule has 7 aromatic carbocycles. The fraction of sp³-hybridized carbons (Fsp3) is 0.207. The molecule has 9 aromatic rings. The number of rotatable bonds is 4. The number of benzene rings is 7. The lowest BCUT2D eigenvalue weighted by Gasteiger charge is -2.37. The smallest absolute Gasteiger partial charge is 0.180 e. The van der Waals surface area contributed by atoms with E-state index in [9.17, 15) is 0 Å². The minimum Gasteiger partial charge on any atom is -0.452 e. The number of hydrogen-bond acceptors (Lipinski definition) is 3. The van der Waals surface area contributed by atoms with Gasteiger partial charge in [-0.3, -0.25) is 0 Å². The summed E-state index contributed by atoms with van der Waals surface area (Å²) in [4.78, 5) is 10.2. The Morgan fingerprint density at radius 2 is 1.00 bits per heavy atom. The molecule has 0 N–H and O–H groups in total. The lowest BCUT2D eigenvalue weighted by Crippen LogP contribution is -2.29. The Kier molecular flexibility index (Phi) is 7.77. The van der Waals surface area contributed by atoms with Crippen LogP contribution in [0.25, 0.3) is 89.2 Å². The molecule has 4 aliphatic carbocycles. The van der Waals surface area contributed by atoms with Gasteiger partial charge in [0.1, 0.15) is 16.8 Å². The summed E-state index contributed by atoms with van der Waals surface area (Å²) in [5.41, 5.74) is 22.6. The Morgan fingerprint density at radius 1 is 0.393 bits per heavy atom. The van der Waals surface area contributed by atoms with Gasteiger partial charge >= 0.3 is 0 Å². The molecule has 0 unspecified atom stereocenters. The Morgan fingerprint density at radius 3 is 1.82 bits per heavy atom. The van der Waals surface area contributed by atoms with Gasteiger partial charge in [0, 0.05) is 27.3 Å². The fourth-order valence-corrected chi connectivity index (χ4v) is 12.3. The van der Waals surface area contributed by atoms with Gasteiger partial charge in [-0.25, -0.2) is 9.97 Å². The molecule has 0 amide bonds. The van der Waals surface area contributed by atoms with E-state index in [0.717, 1.165) is 38.9 Å². The molecule has 0 bridgehead atoms. The Labute approximate surface area is 357 Å². The molecule has 2 aromatic heterocycles. The molecule has 2 spiro atoms. The largest absolute Gasteiger partial charge is 0.452 e. The molecule has 0 atom stereocenters. The van der Waals surface area contributed by atoms with Crippen molar-refractivity contribution >= 4 is 22.1 Å². The molecule has 3 nitrogen and oxygen atoms in total. The molecule has 0 radical (unpaired) electrons. The highest BCUT2D eigenvalue weighted by Gasteiger charge is 2.49. The lowest BCUT2D eigenvalue weighted by molar-refractivity contribution is 0.350. The van der Waals surface area contributed by atoms with Crippen molar-refractivity contribution in [1.82, 2.24) is 9.97 Å². The van der Waals surface area contributed by atoms with Crippen LogP contribution < -0.4 is 0 Å². The fourth-order valence-electron chi connectivity index (χ4n) is 12.3. The van der Waals surface area contributed by atoms with Crippen LogP contribution in [0.2, 0.25) is 0 Å². The second kappa shape index (κ2) is 13.5. The van der Waals surface area contributed by atoms with Crippen LogP contribution in [0.15, 0.2) is 162 Å². The average Bonchev–Trinajstić information content (AvgIpc) is 3.93. The van der Waals surface area contributed by atoms with E-state index < -0.39 is 0 Å². The van der Waals surface area contributed by atoms with Crippen molar-refractivity contribution in [2.24, 2.45) is 0 Å². The molecule has 4 aliphatic rings. The van der Waals surface area contributed by atoms with E-state index in [1.54, 1.807) is 22.3 Å². The summed E-state index contributed by atoms with van der Waals surface area (Å²) in [6, 6.07) is 58.4. The first-order valence-electron chi connectivity index (χ1n) is 22.6. The predicted octanol–water partition coefficient (Wildman–Crippen LogP) is 15.5. The van der Waals surface area contributed by atoms with E-state index in [4.69, 9.17) is 14.4 Å². The number of aromatic nitrogens is 2. The summed E-state index contributed by atoms with van der Waals surface area (Å²) < 4.78 is 6.49. The molecule has 61 heavy (non-hydrogen) atoms. The van der Waals surface area contributed by atoms with Crippen LogP contribution in [0, 0.1) is 0 Å². The summed E-state index contributed by atoms with van der Waals surface area (Å²) >= 11 is 0. The summed E-state index contributed by atoms with van der Waals surface area (Å²) in [7, 11) is 0. The molecule has 2 heterocycles. The second-order valence-corrected chi connectivity index (χ2v) is 18.2. The zero-order valence-corrected chi connectivity index (χ0v) is 34.4. The van der Waals surface area contributed by atoms with Crippen molar-refractivity contribution in [2.75, 3.05) is 0 Å². The molecule has 0 saturated heterocycles. The maximum atomic E-state index is 6.49. The first-order valence-corrected chi connectivity index (χ1v) is 22.6. The van der Waals surface area contributed by atoms with Crippen LogP contribution >= 0.6 is 0 Å². The van der Waals surface area contributed by atoms with Gasteiger partial charge in [0.05, 0.1) is 0 Å². The second-order valence-electron chi connectivity index (χ2n) is 18.2. The van der Waals surface area contributed by atoms with Gasteiger partial charge in [0.25, 0.3) is 0 Å².